The maximum atomic E-state index is 12.5. The Balaban J connectivity index is 2.03. The average Bonchev–Trinajstić information content (AvgIpc) is 3.28. The highest BCUT2D eigenvalue weighted by molar-refractivity contribution is 5.95. The number of carboxylic acid groups (broad SMARTS) is 1. The molecule has 0 saturated heterocycles. The Hall–Kier alpha value is -2.70. The first-order valence-corrected chi connectivity index (χ1v) is 6.98. The average molecular weight is 301 g/mol. The SMILES string of the molecule is Cc1ccn2c(=O)c(C(=O)N(CC(=O)O)C3CC3)cnc2c1. The molecule has 1 N–H and O–H groups in total. The number of amides is 1. The molecule has 2 aromatic rings. The highest BCUT2D eigenvalue weighted by Crippen LogP contribution is 2.27. The second-order valence-corrected chi connectivity index (χ2v) is 5.47. The van der Waals surface area contributed by atoms with E-state index in [4.69, 9.17) is 5.11 Å². The van der Waals surface area contributed by atoms with E-state index >= 15 is 0 Å². The second-order valence-electron chi connectivity index (χ2n) is 5.47. The molecule has 7 nitrogen and oxygen atoms in total. The molecular weight excluding hydrogens is 286 g/mol. The van der Waals surface area contributed by atoms with E-state index in [1.807, 2.05) is 6.92 Å². The number of pyridine rings is 1. The van der Waals surface area contributed by atoms with Crippen molar-refractivity contribution in [2.45, 2.75) is 25.8 Å². The van der Waals surface area contributed by atoms with Gasteiger partial charge in [0.1, 0.15) is 17.8 Å². The van der Waals surface area contributed by atoms with E-state index in [0.717, 1.165) is 18.4 Å². The van der Waals surface area contributed by atoms with Crippen LogP contribution >= 0.6 is 0 Å². The molecule has 0 radical (unpaired) electrons. The molecule has 1 fully saturated rings. The first kappa shape index (κ1) is 14.2. The maximum Gasteiger partial charge on any atom is 0.323 e. The van der Waals surface area contributed by atoms with Gasteiger partial charge in [0.25, 0.3) is 11.5 Å². The molecule has 0 bridgehead atoms. The summed E-state index contributed by atoms with van der Waals surface area (Å²) in [6, 6.07) is 3.40. The van der Waals surface area contributed by atoms with E-state index in [9.17, 15) is 14.4 Å². The molecule has 2 heterocycles. The van der Waals surface area contributed by atoms with Gasteiger partial charge in [-0.1, -0.05) is 0 Å². The number of aryl methyl sites for hydroxylation is 1. The molecule has 0 unspecified atom stereocenters. The summed E-state index contributed by atoms with van der Waals surface area (Å²) in [5.41, 5.74) is 0.828. The standard InChI is InChI=1S/C15H15N3O4/c1-9-4-5-17-12(6-9)16-7-11(14(17)21)15(22)18(8-13(19)20)10-2-3-10/h4-7,10H,2-3,8H2,1H3,(H,19,20). The molecule has 1 saturated carbocycles. The van der Waals surface area contributed by atoms with Crippen LogP contribution < -0.4 is 5.56 Å². The van der Waals surface area contributed by atoms with Gasteiger partial charge in [0.05, 0.1) is 0 Å². The van der Waals surface area contributed by atoms with Crippen molar-refractivity contribution in [3.8, 4) is 0 Å². The Bertz CT molecular complexity index is 823. The van der Waals surface area contributed by atoms with Crippen LogP contribution in [-0.2, 0) is 4.79 Å². The van der Waals surface area contributed by atoms with Crippen molar-refractivity contribution in [2.75, 3.05) is 6.54 Å². The van der Waals surface area contributed by atoms with Gasteiger partial charge >= 0.3 is 5.97 Å². The third kappa shape index (κ3) is 2.57. The van der Waals surface area contributed by atoms with Gasteiger partial charge in [0.2, 0.25) is 0 Å². The van der Waals surface area contributed by atoms with Crippen LogP contribution in [0.2, 0.25) is 0 Å². The largest absolute Gasteiger partial charge is 0.480 e. The Morgan fingerprint density at radius 1 is 1.45 bits per heavy atom. The summed E-state index contributed by atoms with van der Waals surface area (Å²) < 4.78 is 1.30. The predicted octanol–water partition coefficient (Wildman–Crippen LogP) is 0.692. The van der Waals surface area contributed by atoms with Crippen molar-refractivity contribution < 1.29 is 14.7 Å². The van der Waals surface area contributed by atoms with Crippen LogP contribution in [0.25, 0.3) is 5.65 Å². The fourth-order valence-electron chi connectivity index (χ4n) is 2.38. The zero-order valence-corrected chi connectivity index (χ0v) is 12.0. The molecule has 2 aromatic heterocycles. The van der Waals surface area contributed by atoms with Gasteiger partial charge in [-0.2, -0.15) is 0 Å². The van der Waals surface area contributed by atoms with Crippen molar-refractivity contribution in [1.82, 2.24) is 14.3 Å². The van der Waals surface area contributed by atoms with Crippen LogP contribution in [0.4, 0.5) is 0 Å². The van der Waals surface area contributed by atoms with Crippen LogP contribution in [0, 0.1) is 6.92 Å². The zero-order chi connectivity index (χ0) is 15.9. The minimum absolute atomic E-state index is 0.0956. The van der Waals surface area contributed by atoms with Crippen molar-refractivity contribution >= 4 is 17.5 Å². The molecule has 1 aliphatic carbocycles. The Morgan fingerprint density at radius 2 is 2.18 bits per heavy atom. The predicted molar refractivity (Wildman–Crippen MR) is 77.9 cm³/mol. The minimum atomic E-state index is -1.09. The molecule has 0 spiro atoms. The fourth-order valence-corrected chi connectivity index (χ4v) is 2.38. The summed E-state index contributed by atoms with van der Waals surface area (Å²) in [5.74, 6) is -1.66. The lowest BCUT2D eigenvalue weighted by molar-refractivity contribution is -0.137. The van der Waals surface area contributed by atoms with E-state index in [1.165, 1.54) is 15.5 Å². The normalized spacial score (nSPS) is 14.0. The van der Waals surface area contributed by atoms with Crippen LogP contribution in [0.15, 0.2) is 29.3 Å². The van der Waals surface area contributed by atoms with Gasteiger partial charge < -0.3 is 10.0 Å². The number of aliphatic carboxylic acids is 1. The van der Waals surface area contributed by atoms with Crippen LogP contribution in [0.1, 0.15) is 28.8 Å². The molecule has 3 rings (SSSR count). The summed E-state index contributed by atoms with van der Waals surface area (Å²) in [4.78, 5) is 41.2. The van der Waals surface area contributed by atoms with Gasteiger partial charge in [-0.25, -0.2) is 4.98 Å². The molecule has 22 heavy (non-hydrogen) atoms. The molecule has 114 valence electrons. The summed E-state index contributed by atoms with van der Waals surface area (Å²) in [5, 5.41) is 8.94. The number of carboxylic acids is 1. The first-order valence-electron chi connectivity index (χ1n) is 6.98. The number of rotatable bonds is 4. The monoisotopic (exact) mass is 301 g/mol. The third-order valence-electron chi connectivity index (χ3n) is 3.65. The summed E-state index contributed by atoms with van der Waals surface area (Å²) in [6.45, 7) is 1.48. The van der Waals surface area contributed by atoms with Crippen molar-refractivity contribution in [3.63, 3.8) is 0 Å². The second kappa shape index (κ2) is 5.25. The lowest BCUT2D eigenvalue weighted by atomic mass is 10.2. The Labute approximate surface area is 125 Å². The quantitative estimate of drug-likeness (QED) is 0.897. The number of hydrogen-bond donors (Lipinski definition) is 1. The van der Waals surface area contributed by atoms with Crippen LogP contribution in [0.3, 0.4) is 0 Å². The van der Waals surface area contributed by atoms with Gasteiger partial charge in [-0.15, -0.1) is 0 Å². The third-order valence-corrected chi connectivity index (χ3v) is 3.65. The van der Waals surface area contributed by atoms with E-state index in [2.05, 4.69) is 4.98 Å². The maximum absolute atomic E-state index is 12.5. The lowest BCUT2D eigenvalue weighted by Crippen LogP contribution is -2.40. The lowest BCUT2D eigenvalue weighted by Gasteiger charge is -2.19. The molecular formula is C15H15N3O4. The Morgan fingerprint density at radius 3 is 2.82 bits per heavy atom. The van der Waals surface area contributed by atoms with Gasteiger partial charge in [-0.3, -0.25) is 18.8 Å². The number of hydrogen-bond acceptors (Lipinski definition) is 4. The Kier molecular flexibility index (Phi) is 3.40. The smallest absolute Gasteiger partial charge is 0.323 e. The van der Waals surface area contributed by atoms with Gasteiger partial charge in [0, 0.05) is 18.4 Å². The summed E-state index contributed by atoms with van der Waals surface area (Å²) in [6.07, 6.45) is 4.33. The highest BCUT2D eigenvalue weighted by Gasteiger charge is 2.35. The number of carbonyl (C=O) groups is 2. The van der Waals surface area contributed by atoms with Crippen molar-refractivity contribution in [3.05, 3.63) is 46.0 Å². The number of fused-ring (bicyclic) bond motifs is 1. The molecule has 0 atom stereocenters. The van der Waals surface area contributed by atoms with Crippen molar-refractivity contribution in [2.24, 2.45) is 0 Å². The molecule has 7 heteroatoms. The topological polar surface area (TPSA) is 92.0 Å². The number of carbonyl (C=O) groups excluding carboxylic acids is 1. The summed E-state index contributed by atoms with van der Waals surface area (Å²) >= 11 is 0. The summed E-state index contributed by atoms with van der Waals surface area (Å²) in [7, 11) is 0. The van der Waals surface area contributed by atoms with E-state index in [-0.39, 0.29) is 11.6 Å². The van der Waals surface area contributed by atoms with Gasteiger partial charge in [0.15, 0.2) is 0 Å². The zero-order valence-electron chi connectivity index (χ0n) is 12.0. The van der Waals surface area contributed by atoms with E-state index in [1.54, 1.807) is 18.3 Å². The first-order chi connectivity index (χ1) is 10.5. The fraction of sp³-hybridized carbons (Fsp3) is 0.333. The van der Waals surface area contributed by atoms with Gasteiger partial charge in [-0.05, 0) is 37.5 Å². The minimum Gasteiger partial charge on any atom is -0.480 e. The van der Waals surface area contributed by atoms with Crippen LogP contribution in [0.5, 0.6) is 0 Å². The highest BCUT2D eigenvalue weighted by atomic mass is 16.4. The van der Waals surface area contributed by atoms with Crippen LogP contribution in [-0.4, -0.2) is 43.9 Å². The molecule has 0 aromatic carbocycles. The number of nitrogens with zero attached hydrogens (tertiary/aromatic N) is 3. The van der Waals surface area contributed by atoms with Crippen molar-refractivity contribution in [1.29, 1.82) is 0 Å². The molecule has 0 aliphatic heterocycles. The van der Waals surface area contributed by atoms with E-state index < -0.39 is 24.0 Å². The van der Waals surface area contributed by atoms with E-state index in [0.29, 0.717) is 5.65 Å². The molecule has 1 aliphatic rings. The number of aromatic nitrogens is 2. The molecule has 1 amide bonds.